The number of carbonyl (C=O) groups is 3. The molecule has 1 aromatic rings. The SMILES string of the molecule is C[Si](C)(C)CCOC(=O)NC(=NCCC[C@H](N)c1nc(C(=O)O)cs1)NC(=O)OCC[Si](C)(C)C. The summed E-state index contributed by atoms with van der Waals surface area (Å²) in [5.74, 6) is -1.16. The standard InChI is InChI=1S/C21H39N5O6SSi2/c1-34(2,3)12-10-31-20(29)25-19(26-21(30)32-11-13-35(4,5)6)23-9-7-8-15(22)17-24-16(14-33-17)18(27)28/h14-15H,7-13,22H2,1-6H3,(H,27,28)(H2,23,25,26,29,30)/t15-/m0/s1. The number of thiazole rings is 1. The summed E-state index contributed by atoms with van der Waals surface area (Å²) in [6.07, 6.45) is -0.397. The minimum atomic E-state index is -1.36. The number of ether oxygens (including phenoxy) is 2. The van der Waals surface area contributed by atoms with E-state index in [-0.39, 0.29) is 31.4 Å². The molecule has 0 radical (unpaired) electrons. The van der Waals surface area contributed by atoms with E-state index in [0.717, 1.165) is 12.1 Å². The van der Waals surface area contributed by atoms with Gasteiger partial charge in [-0.2, -0.15) is 0 Å². The van der Waals surface area contributed by atoms with Crippen molar-refractivity contribution in [1.82, 2.24) is 15.6 Å². The van der Waals surface area contributed by atoms with E-state index in [0.29, 0.717) is 17.8 Å². The van der Waals surface area contributed by atoms with Crippen LogP contribution in [0.2, 0.25) is 51.4 Å². The summed E-state index contributed by atoms with van der Waals surface area (Å²) < 4.78 is 10.4. The fourth-order valence-corrected chi connectivity index (χ4v) is 4.72. The van der Waals surface area contributed by atoms with Gasteiger partial charge in [-0.3, -0.25) is 15.6 Å². The van der Waals surface area contributed by atoms with Crippen LogP contribution in [0.3, 0.4) is 0 Å². The highest BCUT2D eigenvalue weighted by molar-refractivity contribution is 7.09. The van der Waals surface area contributed by atoms with Gasteiger partial charge in [0, 0.05) is 28.1 Å². The highest BCUT2D eigenvalue weighted by atomic mass is 32.1. The molecule has 1 aromatic heterocycles. The molecule has 1 rings (SSSR count). The van der Waals surface area contributed by atoms with Gasteiger partial charge in [0.25, 0.3) is 0 Å². The summed E-state index contributed by atoms with van der Waals surface area (Å²) in [6, 6.07) is 1.19. The molecular formula is C21H39N5O6SSi2. The summed E-state index contributed by atoms with van der Waals surface area (Å²) in [5.41, 5.74) is 6.07. The number of alkyl carbamates (subject to hydrolysis) is 2. The Bertz CT molecular complexity index is 846. The molecule has 0 aliphatic rings. The molecule has 0 aliphatic carbocycles. The van der Waals surface area contributed by atoms with Crippen LogP contribution in [-0.4, -0.2) is 70.1 Å². The number of aliphatic imine (C=N–C) groups is 1. The molecule has 5 N–H and O–H groups in total. The van der Waals surface area contributed by atoms with Crippen LogP contribution in [0.5, 0.6) is 0 Å². The van der Waals surface area contributed by atoms with Crippen molar-refractivity contribution < 1.29 is 29.0 Å². The molecule has 35 heavy (non-hydrogen) atoms. The van der Waals surface area contributed by atoms with Crippen molar-refractivity contribution in [3.63, 3.8) is 0 Å². The molecule has 0 aromatic carbocycles. The van der Waals surface area contributed by atoms with Crippen molar-refractivity contribution in [3.8, 4) is 0 Å². The minimum absolute atomic E-state index is 0.0329. The predicted molar refractivity (Wildman–Crippen MR) is 143 cm³/mol. The zero-order valence-electron chi connectivity index (χ0n) is 21.5. The molecule has 11 nitrogen and oxygen atoms in total. The molecule has 1 atom stereocenters. The van der Waals surface area contributed by atoms with Gasteiger partial charge >= 0.3 is 18.2 Å². The van der Waals surface area contributed by atoms with Gasteiger partial charge in [0.2, 0.25) is 5.96 Å². The number of rotatable bonds is 12. The van der Waals surface area contributed by atoms with Gasteiger partial charge in [-0.05, 0) is 24.9 Å². The monoisotopic (exact) mass is 545 g/mol. The van der Waals surface area contributed by atoms with Gasteiger partial charge in [-0.1, -0.05) is 39.3 Å². The molecule has 0 unspecified atom stereocenters. The van der Waals surface area contributed by atoms with Gasteiger partial charge < -0.3 is 20.3 Å². The Morgan fingerprint density at radius 3 is 2.00 bits per heavy atom. The first kappa shape index (κ1) is 30.7. The number of carboxylic acid groups (broad SMARTS) is 1. The van der Waals surface area contributed by atoms with Gasteiger partial charge in [-0.25, -0.2) is 19.4 Å². The van der Waals surface area contributed by atoms with E-state index in [1.54, 1.807) is 0 Å². The largest absolute Gasteiger partial charge is 0.476 e. The molecule has 0 saturated heterocycles. The van der Waals surface area contributed by atoms with Crippen LogP contribution in [0.1, 0.15) is 34.4 Å². The number of carboxylic acids is 1. The molecule has 0 fully saturated rings. The maximum atomic E-state index is 12.2. The van der Waals surface area contributed by atoms with Crippen molar-refractivity contribution in [2.24, 2.45) is 10.7 Å². The summed E-state index contributed by atoms with van der Waals surface area (Å²) in [6.45, 7) is 13.9. The molecule has 14 heteroatoms. The second-order valence-electron chi connectivity index (χ2n) is 10.5. The second-order valence-corrected chi connectivity index (χ2v) is 22.6. The fourth-order valence-electron chi connectivity index (χ4n) is 2.46. The Hall–Kier alpha value is -2.30. The van der Waals surface area contributed by atoms with Crippen molar-refractivity contribution >= 4 is 51.6 Å². The Morgan fingerprint density at radius 1 is 1.06 bits per heavy atom. The number of nitrogens with zero attached hydrogens (tertiary/aromatic N) is 2. The Morgan fingerprint density at radius 2 is 1.57 bits per heavy atom. The number of aromatic nitrogens is 1. The van der Waals surface area contributed by atoms with Crippen LogP contribution >= 0.6 is 11.3 Å². The van der Waals surface area contributed by atoms with E-state index >= 15 is 0 Å². The van der Waals surface area contributed by atoms with Crippen LogP contribution in [-0.2, 0) is 9.47 Å². The molecule has 198 valence electrons. The number of hydrogen-bond acceptors (Lipinski definition) is 9. The zero-order valence-corrected chi connectivity index (χ0v) is 24.3. The molecule has 0 bridgehead atoms. The summed E-state index contributed by atoms with van der Waals surface area (Å²) >= 11 is 1.19. The lowest BCUT2D eigenvalue weighted by atomic mass is 10.2. The average Bonchev–Trinajstić information content (AvgIpc) is 3.19. The Balaban J connectivity index is 2.65. The first-order valence-electron chi connectivity index (χ1n) is 11.5. The predicted octanol–water partition coefficient (Wildman–Crippen LogP) is 4.11. The van der Waals surface area contributed by atoms with Crippen LogP contribution in [0.25, 0.3) is 0 Å². The summed E-state index contributed by atoms with van der Waals surface area (Å²) in [4.78, 5) is 43.6. The van der Waals surface area contributed by atoms with Crippen LogP contribution in [0.15, 0.2) is 10.4 Å². The van der Waals surface area contributed by atoms with Crippen LogP contribution < -0.4 is 16.4 Å². The van der Waals surface area contributed by atoms with E-state index < -0.39 is 40.3 Å². The third-order valence-electron chi connectivity index (χ3n) is 4.61. The first-order valence-corrected chi connectivity index (χ1v) is 19.8. The lowest BCUT2D eigenvalue weighted by Gasteiger charge is -2.17. The van der Waals surface area contributed by atoms with E-state index in [2.05, 4.69) is 59.9 Å². The van der Waals surface area contributed by atoms with E-state index in [1.165, 1.54) is 16.7 Å². The number of aromatic carboxylic acids is 1. The average molecular weight is 546 g/mol. The van der Waals surface area contributed by atoms with Crippen molar-refractivity contribution in [3.05, 3.63) is 16.1 Å². The maximum absolute atomic E-state index is 12.2. The highest BCUT2D eigenvalue weighted by Crippen LogP contribution is 2.20. The third kappa shape index (κ3) is 14.6. The first-order chi connectivity index (χ1) is 16.2. The molecule has 1 heterocycles. The fraction of sp³-hybridized carbons (Fsp3) is 0.667. The maximum Gasteiger partial charge on any atom is 0.413 e. The van der Waals surface area contributed by atoms with Crippen LogP contribution in [0, 0.1) is 0 Å². The smallest absolute Gasteiger partial charge is 0.413 e. The number of amides is 2. The lowest BCUT2D eigenvalue weighted by Crippen LogP contribution is -2.45. The highest BCUT2D eigenvalue weighted by Gasteiger charge is 2.18. The zero-order chi connectivity index (χ0) is 26.6. The van der Waals surface area contributed by atoms with E-state index in [4.69, 9.17) is 20.3 Å². The molecular weight excluding hydrogens is 506 g/mol. The summed E-state index contributed by atoms with van der Waals surface area (Å²) in [5, 5.41) is 15.9. The third-order valence-corrected chi connectivity index (χ3v) is 9.00. The lowest BCUT2D eigenvalue weighted by molar-refractivity contribution is 0.0691. The number of carbonyl (C=O) groups excluding carboxylic acids is 2. The topological polar surface area (TPSA) is 165 Å². The molecule has 0 saturated carbocycles. The van der Waals surface area contributed by atoms with Crippen molar-refractivity contribution in [1.29, 1.82) is 0 Å². The quantitative estimate of drug-likeness (QED) is 0.132. The van der Waals surface area contributed by atoms with Gasteiger partial charge in [-0.15, -0.1) is 11.3 Å². The number of guanidine groups is 1. The number of nitrogens with two attached hydrogens (primary N) is 1. The van der Waals surface area contributed by atoms with Crippen LogP contribution in [0.4, 0.5) is 9.59 Å². The van der Waals surface area contributed by atoms with E-state index in [9.17, 15) is 14.4 Å². The Kier molecular flexibility index (Phi) is 12.6. The second kappa shape index (κ2) is 14.3. The Labute approximate surface area is 212 Å². The van der Waals surface area contributed by atoms with Crippen molar-refractivity contribution in [2.45, 2.75) is 70.3 Å². The number of nitrogens with one attached hydrogen (secondary N) is 2. The van der Waals surface area contributed by atoms with Crippen molar-refractivity contribution in [2.75, 3.05) is 19.8 Å². The minimum Gasteiger partial charge on any atom is -0.476 e. The van der Waals surface area contributed by atoms with E-state index in [1.807, 2.05) is 0 Å². The van der Waals surface area contributed by atoms with Gasteiger partial charge in [0.15, 0.2) is 5.69 Å². The number of hydrogen-bond donors (Lipinski definition) is 4. The van der Waals surface area contributed by atoms with Gasteiger partial charge in [0.1, 0.15) is 5.01 Å². The van der Waals surface area contributed by atoms with Gasteiger partial charge in [0.05, 0.1) is 19.3 Å². The molecule has 0 aliphatic heterocycles. The molecule has 2 amide bonds. The molecule has 0 spiro atoms. The normalized spacial score (nSPS) is 12.4. The summed E-state index contributed by atoms with van der Waals surface area (Å²) in [7, 11) is -2.72.